The van der Waals surface area contributed by atoms with Gasteiger partial charge in [0.15, 0.2) is 23.0 Å². The van der Waals surface area contributed by atoms with Gasteiger partial charge in [-0.1, -0.05) is 0 Å². The molecule has 3 rings (SSSR count). The zero-order chi connectivity index (χ0) is 28.9. The molecule has 0 fully saturated rings. The Morgan fingerprint density at radius 2 is 1.08 bits per heavy atom. The summed E-state index contributed by atoms with van der Waals surface area (Å²) >= 11 is 0. The number of phenols is 1. The molecule has 3 aromatic carbocycles. The van der Waals surface area contributed by atoms with E-state index in [1.165, 1.54) is 26.4 Å². The van der Waals surface area contributed by atoms with Gasteiger partial charge in [0.1, 0.15) is 30.1 Å². The zero-order valence-corrected chi connectivity index (χ0v) is 20.3. The molecule has 0 bridgehead atoms. The van der Waals surface area contributed by atoms with E-state index in [9.17, 15) is 45.1 Å². The number of aromatic carboxylic acids is 2. The third-order valence-electron chi connectivity index (χ3n) is 5.24. The SMILES string of the molecule is COc1cc(C(=O)O)c([N+](=O)[O-])cc1OCc1cc(O)cc(COc2cc([N+](=O)[O-])c(C(=O)O)cc2OC)c1. The number of methoxy groups -OCH3 is 2. The number of rotatable bonds is 12. The molecule has 0 saturated carbocycles. The topological polar surface area (TPSA) is 218 Å². The molecule has 0 spiro atoms. The Morgan fingerprint density at radius 3 is 1.38 bits per heavy atom. The molecule has 39 heavy (non-hydrogen) atoms. The molecule has 0 aliphatic carbocycles. The number of carboxylic acids is 2. The van der Waals surface area contributed by atoms with Crippen LogP contribution in [0.2, 0.25) is 0 Å². The van der Waals surface area contributed by atoms with E-state index in [0.717, 1.165) is 24.3 Å². The number of hydrogen-bond acceptors (Lipinski definition) is 11. The number of aromatic hydroxyl groups is 1. The highest BCUT2D eigenvalue weighted by Gasteiger charge is 2.26. The fourth-order valence-electron chi connectivity index (χ4n) is 3.52. The summed E-state index contributed by atoms with van der Waals surface area (Å²) in [5.41, 5.74) is -1.85. The van der Waals surface area contributed by atoms with Crippen LogP contribution in [0.4, 0.5) is 11.4 Å². The number of carbonyl (C=O) groups is 2. The van der Waals surface area contributed by atoms with E-state index in [1.807, 2.05) is 0 Å². The standard InChI is InChI=1S/C24H20N2O13/c1-36-19-6-15(23(28)29)17(25(32)33)8-21(19)38-10-12-3-13(5-14(27)4-12)11-39-22-9-18(26(34)35)16(24(30)31)7-20(22)37-2/h3-9,27H,10-11H2,1-2H3,(H,28,29)(H,30,31). The van der Waals surface area contributed by atoms with Crippen LogP contribution in [0.15, 0.2) is 42.5 Å². The Kier molecular flexibility index (Phi) is 8.35. The average molecular weight is 544 g/mol. The minimum atomic E-state index is -1.52. The lowest BCUT2D eigenvalue weighted by atomic mass is 10.1. The number of hydrogen-bond donors (Lipinski definition) is 3. The van der Waals surface area contributed by atoms with Crippen LogP contribution in [0.1, 0.15) is 31.8 Å². The van der Waals surface area contributed by atoms with Crippen molar-refractivity contribution in [3.8, 4) is 28.7 Å². The molecule has 0 radical (unpaired) electrons. The van der Waals surface area contributed by atoms with Crippen molar-refractivity contribution in [1.29, 1.82) is 0 Å². The van der Waals surface area contributed by atoms with Crippen LogP contribution in [-0.2, 0) is 13.2 Å². The van der Waals surface area contributed by atoms with Crippen LogP contribution in [0.25, 0.3) is 0 Å². The highest BCUT2D eigenvalue weighted by molar-refractivity contribution is 5.94. The van der Waals surface area contributed by atoms with Gasteiger partial charge in [-0.25, -0.2) is 9.59 Å². The number of ether oxygens (including phenoxy) is 4. The molecule has 3 N–H and O–H groups in total. The molecule has 0 aromatic heterocycles. The van der Waals surface area contributed by atoms with Gasteiger partial charge in [0.2, 0.25) is 0 Å². The van der Waals surface area contributed by atoms with Crippen molar-refractivity contribution >= 4 is 23.3 Å². The summed E-state index contributed by atoms with van der Waals surface area (Å²) in [6.07, 6.45) is 0. The second kappa shape index (κ2) is 11.6. The number of benzene rings is 3. The number of carboxylic acid groups (broad SMARTS) is 2. The van der Waals surface area contributed by atoms with Crippen molar-refractivity contribution in [2.75, 3.05) is 14.2 Å². The van der Waals surface area contributed by atoms with Gasteiger partial charge in [-0.3, -0.25) is 20.2 Å². The lowest BCUT2D eigenvalue weighted by molar-refractivity contribution is -0.385. The van der Waals surface area contributed by atoms with Crippen molar-refractivity contribution in [2.45, 2.75) is 13.2 Å². The molecule has 0 unspecified atom stereocenters. The van der Waals surface area contributed by atoms with Gasteiger partial charge in [-0.15, -0.1) is 0 Å². The van der Waals surface area contributed by atoms with Crippen molar-refractivity contribution < 1.29 is 53.7 Å². The van der Waals surface area contributed by atoms with E-state index in [0.29, 0.717) is 11.1 Å². The van der Waals surface area contributed by atoms with Gasteiger partial charge in [0.05, 0.1) is 36.2 Å². The average Bonchev–Trinajstić information content (AvgIpc) is 2.88. The molecule has 204 valence electrons. The Hall–Kier alpha value is -5.60. The summed E-state index contributed by atoms with van der Waals surface area (Å²) in [6.45, 7) is -0.465. The lowest BCUT2D eigenvalue weighted by Crippen LogP contribution is -2.06. The first-order valence-electron chi connectivity index (χ1n) is 10.7. The van der Waals surface area contributed by atoms with Gasteiger partial charge in [-0.05, 0) is 29.3 Å². The molecule has 0 heterocycles. The Morgan fingerprint density at radius 1 is 0.692 bits per heavy atom. The summed E-state index contributed by atoms with van der Waals surface area (Å²) in [5.74, 6) is -3.63. The Labute approximate surface area is 218 Å². The first-order valence-corrected chi connectivity index (χ1v) is 10.7. The number of nitro benzene ring substituents is 2. The molecular formula is C24H20N2O13. The number of phenolic OH excluding ortho intramolecular Hbond substituents is 1. The Bertz CT molecular complexity index is 1360. The Balaban J connectivity index is 1.85. The summed E-state index contributed by atoms with van der Waals surface area (Å²) in [4.78, 5) is 43.6. The minimum absolute atomic E-state index is 0.0693. The second-order valence-corrected chi connectivity index (χ2v) is 7.75. The molecule has 15 nitrogen and oxygen atoms in total. The monoisotopic (exact) mass is 544 g/mol. The van der Waals surface area contributed by atoms with Gasteiger partial charge in [0.25, 0.3) is 11.4 Å². The van der Waals surface area contributed by atoms with E-state index < -0.39 is 44.3 Å². The van der Waals surface area contributed by atoms with Crippen LogP contribution < -0.4 is 18.9 Å². The molecule has 3 aromatic rings. The maximum Gasteiger partial charge on any atom is 0.342 e. The summed E-state index contributed by atoms with van der Waals surface area (Å²) in [6, 6.07) is 7.95. The van der Waals surface area contributed by atoms with E-state index in [-0.39, 0.29) is 42.0 Å². The third-order valence-corrected chi connectivity index (χ3v) is 5.24. The maximum absolute atomic E-state index is 11.4. The van der Waals surface area contributed by atoms with Crippen LogP contribution >= 0.6 is 0 Å². The molecule has 0 aliphatic heterocycles. The summed E-state index contributed by atoms with van der Waals surface area (Å²) < 4.78 is 21.4. The van der Waals surface area contributed by atoms with E-state index in [1.54, 1.807) is 6.07 Å². The molecule has 0 saturated heterocycles. The molecule has 15 heteroatoms. The van der Waals surface area contributed by atoms with E-state index >= 15 is 0 Å². The van der Waals surface area contributed by atoms with Crippen LogP contribution in [0.5, 0.6) is 28.7 Å². The predicted octanol–water partition coefficient (Wildman–Crippen LogP) is 3.78. The van der Waals surface area contributed by atoms with Crippen molar-refractivity contribution in [3.63, 3.8) is 0 Å². The van der Waals surface area contributed by atoms with Crippen molar-refractivity contribution in [3.05, 3.63) is 84.9 Å². The quantitative estimate of drug-likeness (QED) is 0.219. The molecule has 0 atom stereocenters. The minimum Gasteiger partial charge on any atom is -0.508 e. The molecule has 0 aliphatic rings. The fourth-order valence-corrected chi connectivity index (χ4v) is 3.52. The smallest absolute Gasteiger partial charge is 0.342 e. The predicted molar refractivity (Wildman–Crippen MR) is 130 cm³/mol. The normalized spacial score (nSPS) is 10.4. The van der Waals surface area contributed by atoms with Crippen molar-refractivity contribution in [1.82, 2.24) is 0 Å². The molecular weight excluding hydrogens is 524 g/mol. The second-order valence-electron chi connectivity index (χ2n) is 7.75. The van der Waals surface area contributed by atoms with E-state index in [4.69, 9.17) is 18.9 Å². The third kappa shape index (κ3) is 6.40. The van der Waals surface area contributed by atoms with Gasteiger partial charge in [-0.2, -0.15) is 0 Å². The van der Waals surface area contributed by atoms with Crippen molar-refractivity contribution in [2.24, 2.45) is 0 Å². The molecule has 0 amide bonds. The highest BCUT2D eigenvalue weighted by atomic mass is 16.6. The number of nitrogens with zero attached hydrogens (tertiary/aromatic N) is 2. The van der Waals surface area contributed by atoms with Gasteiger partial charge < -0.3 is 34.3 Å². The largest absolute Gasteiger partial charge is 0.508 e. The first-order chi connectivity index (χ1) is 18.4. The van der Waals surface area contributed by atoms with Crippen LogP contribution in [0.3, 0.4) is 0 Å². The van der Waals surface area contributed by atoms with E-state index in [2.05, 4.69) is 0 Å². The van der Waals surface area contributed by atoms with Gasteiger partial charge in [0, 0.05) is 12.1 Å². The fraction of sp³-hybridized carbons (Fsp3) is 0.167. The van der Waals surface area contributed by atoms with Gasteiger partial charge >= 0.3 is 11.9 Å². The van der Waals surface area contributed by atoms with Crippen LogP contribution in [0, 0.1) is 20.2 Å². The maximum atomic E-state index is 11.4. The van der Waals surface area contributed by atoms with Crippen LogP contribution in [-0.4, -0.2) is 51.3 Å². The zero-order valence-electron chi connectivity index (χ0n) is 20.3. The summed E-state index contributed by atoms with van der Waals surface area (Å²) in [5, 5.41) is 51.2. The lowest BCUT2D eigenvalue weighted by Gasteiger charge is -2.14. The highest BCUT2D eigenvalue weighted by Crippen LogP contribution is 2.37. The summed E-state index contributed by atoms with van der Waals surface area (Å²) in [7, 11) is 2.45. The first kappa shape index (κ1) is 28.0. The number of nitro groups is 2.